The Kier molecular flexibility index (Phi) is 10.2. The van der Waals surface area contributed by atoms with E-state index in [2.05, 4.69) is 183 Å². The molecule has 20 nitrogen and oxygen atoms in total. The Bertz CT molecular complexity index is 3700. The highest BCUT2D eigenvalue weighted by molar-refractivity contribution is 6.31. The molecule has 4 aromatic carbocycles. The van der Waals surface area contributed by atoms with E-state index in [1.807, 2.05) is 61.5 Å². The molecule has 6 aromatic heterocycles. The van der Waals surface area contributed by atoms with Crippen LogP contribution in [-0.2, 0) is 0 Å². The zero-order valence-electron chi connectivity index (χ0n) is 36.4. The van der Waals surface area contributed by atoms with E-state index in [-0.39, 0.29) is 5.92 Å². The molecular weight excluding hydrogens is 869 g/mol. The summed E-state index contributed by atoms with van der Waals surface area (Å²) in [7, 11) is 0. The number of allylic oxidation sites excluding steroid dienone is 4. The van der Waals surface area contributed by atoms with Crippen molar-refractivity contribution in [2.45, 2.75) is 12.8 Å². The Morgan fingerprint density at radius 1 is 0.464 bits per heavy atom. The molecule has 6 N–H and O–H groups in total. The molecule has 0 saturated carbocycles. The third-order valence-electron chi connectivity index (χ3n) is 12.1. The number of hydrogen-bond acceptors (Lipinski definition) is 14. The molecule has 0 fully saturated rings. The van der Waals surface area contributed by atoms with Crippen molar-refractivity contribution >= 4 is 28.1 Å². The highest BCUT2D eigenvalue weighted by atomic mass is 15.5. The molecule has 2 aliphatic heterocycles. The average molecular weight is 905 g/mol. The number of aromatic nitrogens is 18. The van der Waals surface area contributed by atoms with Crippen LogP contribution in [0.2, 0.25) is 0 Å². The molecule has 2 aliphatic rings. The van der Waals surface area contributed by atoms with Crippen LogP contribution in [0.15, 0.2) is 161 Å². The van der Waals surface area contributed by atoms with E-state index in [9.17, 15) is 0 Å². The monoisotopic (exact) mass is 904 g/mol. The molecule has 332 valence electrons. The fourth-order valence-corrected chi connectivity index (χ4v) is 8.74. The van der Waals surface area contributed by atoms with Crippen molar-refractivity contribution in [1.29, 1.82) is 0 Å². The predicted octanol–water partition coefficient (Wildman–Crippen LogP) is 5.09. The van der Waals surface area contributed by atoms with Gasteiger partial charge in [-0.25, -0.2) is 25.4 Å². The Hall–Kier alpha value is -9.98. The standard InChI is InChI=1S/C49H36N20/c1-2-3-37-43(28-6-14-32(15-7-28)47-56-64-65-57-47)38-22-23-41(52-38)45(30-10-18-34(19-11-30)49-60-68-69-61-49)42-25-24-40(53-42)44(29-8-16-33(17-9-29)48-58-66-67-59-48)39-21-20-36(51-39)35(26-50-37)27-4-12-31(13-5-27)46-54-62-63-55-46/h2-25,35,51-52H,26H2,1H3,(H,54,55,62,63)(H,56,57,64,65)(H,58,59,66,67)(H,60,61,68,69)/b3-2-,43-38-,44-40-,45-41-,50-37?. The van der Waals surface area contributed by atoms with Crippen LogP contribution in [-0.4, -0.2) is 110 Å². The van der Waals surface area contributed by atoms with Crippen LogP contribution in [0.25, 0.3) is 62.3 Å². The number of H-pyrrole nitrogens is 6. The number of tetrazole rings is 4. The maximum absolute atomic E-state index is 5.52. The number of nitrogens with zero attached hydrogens (tertiary/aromatic N) is 14. The van der Waals surface area contributed by atoms with E-state index in [0.717, 1.165) is 100 Å². The van der Waals surface area contributed by atoms with Crippen LogP contribution < -0.4 is 10.7 Å². The first kappa shape index (κ1) is 40.5. The summed E-state index contributed by atoms with van der Waals surface area (Å²) in [6.45, 7) is 2.39. The van der Waals surface area contributed by atoms with Crippen molar-refractivity contribution in [3.05, 3.63) is 196 Å². The van der Waals surface area contributed by atoms with Gasteiger partial charge < -0.3 is 9.97 Å². The van der Waals surface area contributed by atoms with E-state index in [4.69, 9.17) is 9.98 Å². The molecule has 10 aromatic rings. The van der Waals surface area contributed by atoms with Crippen LogP contribution in [0.3, 0.4) is 0 Å². The maximum Gasteiger partial charge on any atom is 0.179 e. The molecule has 6 bridgehead atoms. The molecule has 8 heterocycles. The first-order valence-electron chi connectivity index (χ1n) is 21.8. The van der Waals surface area contributed by atoms with Gasteiger partial charge in [-0.2, -0.15) is 0 Å². The topological polar surface area (TPSA) is 274 Å². The van der Waals surface area contributed by atoms with Crippen LogP contribution >= 0.6 is 0 Å². The molecule has 12 rings (SSSR count). The van der Waals surface area contributed by atoms with Gasteiger partial charge >= 0.3 is 0 Å². The Labute approximate surface area is 390 Å². The summed E-state index contributed by atoms with van der Waals surface area (Å²) < 4.78 is 0. The molecule has 20 heteroatoms. The number of rotatable bonds is 9. The lowest BCUT2D eigenvalue weighted by Crippen LogP contribution is -2.21. The van der Waals surface area contributed by atoms with Crippen molar-refractivity contribution in [1.82, 2.24) is 92.5 Å². The van der Waals surface area contributed by atoms with Gasteiger partial charge in [-0.15, -0.1) is 20.4 Å². The van der Waals surface area contributed by atoms with Crippen LogP contribution in [0.4, 0.5) is 0 Å². The lowest BCUT2D eigenvalue weighted by Gasteiger charge is -2.17. The second-order valence-electron chi connectivity index (χ2n) is 16.1. The Balaban J connectivity index is 1.10. The molecule has 1 atom stereocenters. The molecule has 1 unspecified atom stereocenters. The van der Waals surface area contributed by atoms with E-state index < -0.39 is 0 Å². The average Bonchev–Trinajstić information content (AvgIpc) is 4.25. The van der Waals surface area contributed by atoms with Crippen LogP contribution in [0.5, 0.6) is 0 Å². The quantitative estimate of drug-likeness (QED) is 0.111. The maximum atomic E-state index is 5.52. The smallest absolute Gasteiger partial charge is 0.179 e. The van der Waals surface area contributed by atoms with Gasteiger partial charge in [-0.05, 0) is 113 Å². The Morgan fingerprint density at radius 2 is 0.928 bits per heavy atom. The van der Waals surface area contributed by atoms with Crippen molar-refractivity contribution in [2.75, 3.05) is 6.54 Å². The van der Waals surface area contributed by atoms with Crippen LogP contribution in [0.1, 0.15) is 46.5 Å². The van der Waals surface area contributed by atoms with E-state index in [1.54, 1.807) is 0 Å². The van der Waals surface area contributed by atoms with Gasteiger partial charge in [0.25, 0.3) is 0 Å². The van der Waals surface area contributed by atoms with Crippen molar-refractivity contribution in [2.24, 2.45) is 9.98 Å². The van der Waals surface area contributed by atoms with Gasteiger partial charge in [0.05, 0.1) is 23.7 Å². The summed E-state index contributed by atoms with van der Waals surface area (Å²) in [6, 6.07) is 41.1. The molecule has 0 saturated heterocycles. The first-order chi connectivity index (χ1) is 34.1. The normalized spacial score (nSPS) is 17.7. The highest BCUT2D eigenvalue weighted by Crippen LogP contribution is 2.36. The largest absolute Gasteiger partial charge is 0.358 e. The molecule has 0 radical (unpaired) electrons. The number of benzene rings is 4. The van der Waals surface area contributed by atoms with Crippen molar-refractivity contribution in [3.63, 3.8) is 0 Å². The third-order valence-corrected chi connectivity index (χ3v) is 12.1. The van der Waals surface area contributed by atoms with E-state index in [0.29, 0.717) is 29.8 Å². The molecule has 0 aliphatic carbocycles. The number of aliphatic imine (C=N–C) groups is 2. The van der Waals surface area contributed by atoms with Crippen molar-refractivity contribution < 1.29 is 0 Å². The lowest BCUT2D eigenvalue weighted by molar-refractivity contribution is 0.796. The lowest BCUT2D eigenvalue weighted by atomic mass is 9.94. The van der Waals surface area contributed by atoms with Crippen molar-refractivity contribution in [3.8, 4) is 45.6 Å². The van der Waals surface area contributed by atoms with Crippen LogP contribution in [0, 0.1) is 0 Å². The van der Waals surface area contributed by atoms with Gasteiger partial charge in [0.2, 0.25) is 0 Å². The van der Waals surface area contributed by atoms with E-state index in [1.165, 1.54) is 0 Å². The van der Waals surface area contributed by atoms with Gasteiger partial charge in [0, 0.05) is 67.0 Å². The predicted molar refractivity (Wildman–Crippen MR) is 256 cm³/mol. The van der Waals surface area contributed by atoms with E-state index >= 15 is 0 Å². The van der Waals surface area contributed by atoms with Gasteiger partial charge in [0.15, 0.2) is 23.3 Å². The number of fused-ring (bicyclic) bond motifs is 5. The van der Waals surface area contributed by atoms with Gasteiger partial charge in [-0.1, -0.05) is 103 Å². The Morgan fingerprint density at radius 3 is 1.42 bits per heavy atom. The minimum absolute atomic E-state index is 0.211. The number of aromatic amines is 6. The summed E-state index contributed by atoms with van der Waals surface area (Å²) in [5, 5.41) is 60.0. The molecule has 0 amide bonds. The fourth-order valence-electron chi connectivity index (χ4n) is 8.74. The summed E-state index contributed by atoms with van der Waals surface area (Å²) >= 11 is 0. The van der Waals surface area contributed by atoms with Gasteiger partial charge in [0.1, 0.15) is 0 Å². The molecule has 0 spiro atoms. The fraction of sp³-hybridized carbons (Fsp3) is 0.0612. The minimum Gasteiger partial charge on any atom is -0.358 e. The molecular formula is C49H36N20. The minimum atomic E-state index is -0.211. The summed E-state index contributed by atoms with van der Waals surface area (Å²) in [5.74, 6) is 2.08. The van der Waals surface area contributed by atoms with Gasteiger partial charge in [-0.3, -0.25) is 4.99 Å². The first-order valence-corrected chi connectivity index (χ1v) is 21.8. The third kappa shape index (κ3) is 7.78. The summed E-state index contributed by atoms with van der Waals surface area (Å²) in [5.41, 5.74) is 14.1. The zero-order chi connectivity index (χ0) is 46.1. The zero-order valence-corrected chi connectivity index (χ0v) is 36.4. The SMILES string of the molecule is C/C=C\C1=NCC(c2ccc(-c3nnn[nH]3)cc2)c2ccc([nH]2)/C(c2ccc(-c3nnn[nH]3)cc2)=C2/C=CC(=N2)/C(c2ccc(-c3nnn[nH]3)cc2)=c2/cc/c([nH]2)=C/1c1ccc(-c2nnn[nH]2)cc1. The summed E-state index contributed by atoms with van der Waals surface area (Å²) in [6.07, 6.45) is 8.21. The number of nitrogens with one attached hydrogen (secondary N) is 6. The second kappa shape index (κ2) is 17.4. The highest BCUT2D eigenvalue weighted by Gasteiger charge is 2.24. The molecule has 69 heavy (non-hydrogen) atoms. The number of hydrogen-bond donors (Lipinski definition) is 6. The summed E-state index contributed by atoms with van der Waals surface area (Å²) in [4.78, 5) is 18.7. The second-order valence-corrected chi connectivity index (χ2v) is 16.1.